The van der Waals surface area contributed by atoms with E-state index in [-0.39, 0.29) is 11.9 Å². The van der Waals surface area contributed by atoms with Gasteiger partial charge in [-0.2, -0.15) is 0 Å². The number of fused-ring (bicyclic) bond motifs is 1. The van der Waals surface area contributed by atoms with Gasteiger partial charge in [0, 0.05) is 22.6 Å². The van der Waals surface area contributed by atoms with Crippen LogP contribution >= 0.6 is 0 Å². The highest BCUT2D eigenvalue weighted by molar-refractivity contribution is 5.94. The molecular formula is C23H25NO3. The van der Waals surface area contributed by atoms with Crippen molar-refractivity contribution in [3.63, 3.8) is 0 Å². The van der Waals surface area contributed by atoms with Crippen LogP contribution in [0.2, 0.25) is 0 Å². The molecule has 0 bridgehead atoms. The Morgan fingerprint density at radius 1 is 0.963 bits per heavy atom. The summed E-state index contributed by atoms with van der Waals surface area (Å²) < 4.78 is 11.8. The number of ether oxygens (including phenoxy) is 2. The van der Waals surface area contributed by atoms with Gasteiger partial charge >= 0.3 is 0 Å². The van der Waals surface area contributed by atoms with Gasteiger partial charge in [-0.3, -0.25) is 4.79 Å². The van der Waals surface area contributed by atoms with E-state index in [2.05, 4.69) is 17.4 Å². The molecule has 1 amide bonds. The first kappa shape index (κ1) is 18.8. The number of amides is 1. The van der Waals surface area contributed by atoms with Crippen molar-refractivity contribution >= 4 is 16.7 Å². The molecule has 0 aliphatic carbocycles. The Balaban J connectivity index is 1.86. The van der Waals surface area contributed by atoms with Crippen molar-refractivity contribution in [2.24, 2.45) is 0 Å². The minimum Gasteiger partial charge on any atom is -0.493 e. The van der Waals surface area contributed by atoms with Crippen molar-refractivity contribution in [2.75, 3.05) is 6.61 Å². The summed E-state index contributed by atoms with van der Waals surface area (Å²) in [5.74, 6) is 1.45. The second-order valence-corrected chi connectivity index (χ2v) is 6.65. The topological polar surface area (TPSA) is 47.6 Å². The van der Waals surface area contributed by atoms with Crippen LogP contribution in [0.5, 0.6) is 11.5 Å². The van der Waals surface area contributed by atoms with E-state index >= 15 is 0 Å². The lowest BCUT2D eigenvalue weighted by molar-refractivity contribution is 0.0943. The third-order valence-electron chi connectivity index (χ3n) is 4.18. The number of rotatable bonds is 7. The van der Waals surface area contributed by atoms with Crippen LogP contribution in [0.15, 0.2) is 60.7 Å². The summed E-state index contributed by atoms with van der Waals surface area (Å²) in [7, 11) is 0. The summed E-state index contributed by atoms with van der Waals surface area (Å²) in [6, 6.07) is 19.6. The average Bonchev–Trinajstić information content (AvgIpc) is 2.66. The number of hydrogen-bond donors (Lipinski definition) is 1. The fourth-order valence-electron chi connectivity index (χ4n) is 2.95. The fraction of sp³-hybridized carbons (Fsp3) is 0.261. The second-order valence-electron chi connectivity index (χ2n) is 6.65. The maximum Gasteiger partial charge on any atom is 0.251 e. The predicted octanol–water partition coefficient (Wildman–Crippen LogP) is 4.96. The molecule has 0 aromatic heterocycles. The summed E-state index contributed by atoms with van der Waals surface area (Å²) in [5, 5.41) is 5.11. The first-order chi connectivity index (χ1) is 13.1. The van der Waals surface area contributed by atoms with E-state index in [1.807, 2.05) is 63.2 Å². The highest BCUT2D eigenvalue weighted by Crippen LogP contribution is 2.28. The van der Waals surface area contributed by atoms with Gasteiger partial charge in [-0.25, -0.2) is 0 Å². The Morgan fingerprint density at radius 3 is 2.52 bits per heavy atom. The van der Waals surface area contributed by atoms with E-state index in [9.17, 15) is 4.79 Å². The molecule has 0 saturated carbocycles. The third-order valence-corrected chi connectivity index (χ3v) is 4.18. The van der Waals surface area contributed by atoms with Crippen LogP contribution in [0.4, 0.5) is 0 Å². The lowest BCUT2D eigenvalue weighted by Crippen LogP contribution is -2.30. The Morgan fingerprint density at radius 2 is 1.74 bits per heavy atom. The predicted molar refractivity (Wildman–Crippen MR) is 108 cm³/mol. The number of nitrogens with one attached hydrogen (secondary N) is 1. The molecule has 0 fully saturated rings. The standard InChI is InChI=1S/C23H25NO3/c1-4-26-21-13-12-18(23(25)24-16(2)3)14-19(21)15-27-22-11-7-9-17-8-5-6-10-20(17)22/h5-14,16H,4,15H2,1-3H3,(H,24,25). The van der Waals surface area contributed by atoms with Gasteiger partial charge in [0.25, 0.3) is 5.91 Å². The molecule has 0 atom stereocenters. The Labute approximate surface area is 160 Å². The summed E-state index contributed by atoms with van der Waals surface area (Å²) in [6.07, 6.45) is 0. The first-order valence-electron chi connectivity index (χ1n) is 9.25. The SMILES string of the molecule is CCOc1ccc(C(=O)NC(C)C)cc1COc1cccc2ccccc12. The summed E-state index contributed by atoms with van der Waals surface area (Å²) in [5.41, 5.74) is 1.45. The van der Waals surface area contributed by atoms with Crippen LogP contribution in [-0.4, -0.2) is 18.6 Å². The van der Waals surface area contributed by atoms with Gasteiger partial charge in [0.1, 0.15) is 18.1 Å². The maximum atomic E-state index is 12.3. The van der Waals surface area contributed by atoms with Gasteiger partial charge in [0.15, 0.2) is 0 Å². The zero-order chi connectivity index (χ0) is 19.2. The van der Waals surface area contributed by atoms with E-state index in [0.29, 0.717) is 18.8 Å². The quantitative estimate of drug-likeness (QED) is 0.646. The van der Waals surface area contributed by atoms with Crippen molar-refractivity contribution in [2.45, 2.75) is 33.4 Å². The molecular weight excluding hydrogens is 338 g/mol. The molecule has 1 N–H and O–H groups in total. The van der Waals surface area contributed by atoms with Crippen LogP contribution < -0.4 is 14.8 Å². The van der Waals surface area contributed by atoms with Crippen LogP contribution in [0, 0.1) is 0 Å². The van der Waals surface area contributed by atoms with Crippen molar-refractivity contribution < 1.29 is 14.3 Å². The van der Waals surface area contributed by atoms with Gasteiger partial charge in [0.2, 0.25) is 0 Å². The monoisotopic (exact) mass is 363 g/mol. The van der Waals surface area contributed by atoms with Gasteiger partial charge in [-0.1, -0.05) is 36.4 Å². The molecule has 0 heterocycles. The molecule has 4 nitrogen and oxygen atoms in total. The molecule has 3 rings (SSSR count). The smallest absolute Gasteiger partial charge is 0.251 e. The zero-order valence-corrected chi connectivity index (χ0v) is 16.0. The van der Waals surface area contributed by atoms with E-state index in [4.69, 9.17) is 9.47 Å². The molecule has 27 heavy (non-hydrogen) atoms. The Hall–Kier alpha value is -3.01. The highest BCUT2D eigenvalue weighted by atomic mass is 16.5. The lowest BCUT2D eigenvalue weighted by Gasteiger charge is -2.15. The number of carbonyl (C=O) groups excluding carboxylic acids is 1. The van der Waals surface area contributed by atoms with Crippen LogP contribution in [0.3, 0.4) is 0 Å². The number of benzene rings is 3. The molecule has 0 aliphatic rings. The average molecular weight is 363 g/mol. The van der Waals surface area contributed by atoms with Crippen molar-refractivity contribution in [3.8, 4) is 11.5 Å². The van der Waals surface area contributed by atoms with E-state index in [1.54, 1.807) is 6.07 Å². The van der Waals surface area contributed by atoms with Crippen molar-refractivity contribution in [1.29, 1.82) is 0 Å². The normalized spacial score (nSPS) is 10.8. The van der Waals surface area contributed by atoms with E-state index < -0.39 is 0 Å². The summed E-state index contributed by atoms with van der Waals surface area (Å²) >= 11 is 0. The zero-order valence-electron chi connectivity index (χ0n) is 16.0. The Bertz CT molecular complexity index is 929. The summed E-state index contributed by atoms with van der Waals surface area (Å²) in [4.78, 5) is 12.3. The molecule has 0 aliphatic heterocycles. The molecule has 0 unspecified atom stereocenters. The summed E-state index contributed by atoms with van der Waals surface area (Å²) in [6.45, 7) is 6.70. The van der Waals surface area contributed by atoms with Crippen molar-refractivity contribution in [1.82, 2.24) is 5.32 Å². The second kappa shape index (κ2) is 8.58. The molecule has 3 aromatic rings. The van der Waals surface area contributed by atoms with Gasteiger partial charge in [-0.05, 0) is 50.4 Å². The molecule has 3 aromatic carbocycles. The largest absolute Gasteiger partial charge is 0.493 e. The molecule has 0 spiro atoms. The van der Waals surface area contributed by atoms with Gasteiger partial charge in [0.05, 0.1) is 6.61 Å². The lowest BCUT2D eigenvalue weighted by atomic mass is 10.1. The molecule has 4 heteroatoms. The number of carbonyl (C=O) groups is 1. The minimum absolute atomic E-state index is 0.0828. The Kier molecular flexibility index (Phi) is 5.97. The third kappa shape index (κ3) is 4.59. The first-order valence-corrected chi connectivity index (χ1v) is 9.25. The minimum atomic E-state index is -0.0977. The van der Waals surface area contributed by atoms with Crippen LogP contribution in [0.25, 0.3) is 10.8 Å². The van der Waals surface area contributed by atoms with Crippen LogP contribution in [0.1, 0.15) is 36.7 Å². The molecule has 0 radical (unpaired) electrons. The van der Waals surface area contributed by atoms with Crippen LogP contribution in [-0.2, 0) is 6.61 Å². The van der Waals surface area contributed by atoms with E-state index in [1.165, 1.54) is 0 Å². The van der Waals surface area contributed by atoms with Crippen molar-refractivity contribution in [3.05, 3.63) is 71.8 Å². The highest BCUT2D eigenvalue weighted by Gasteiger charge is 2.12. The number of hydrogen-bond acceptors (Lipinski definition) is 3. The van der Waals surface area contributed by atoms with Gasteiger partial charge < -0.3 is 14.8 Å². The van der Waals surface area contributed by atoms with Gasteiger partial charge in [-0.15, -0.1) is 0 Å². The maximum absolute atomic E-state index is 12.3. The molecule has 0 saturated heterocycles. The fourth-order valence-corrected chi connectivity index (χ4v) is 2.95. The molecule has 140 valence electrons. The van der Waals surface area contributed by atoms with E-state index in [0.717, 1.165) is 27.8 Å².